The Labute approximate surface area is 106 Å². The van der Waals surface area contributed by atoms with Crippen LogP contribution in [0.1, 0.15) is 11.1 Å². The molecule has 1 aromatic heterocycles. The van der Waals surface area contributed by atoms with Gasteiger partial charge in [-0.2, -0.15) is 0 Å². The van der Waals surface area contributed by atoms with Crippen LogP contribution < -0.4 is 11.1 Å². The van der Waals surface area contributed by atoms with E-state index in [0.29, 0.717) is 12.1 Å². The fourth-order valence-corrected chi connectivity index (χ4v) is 1.70. The van der Waals surface area contributed by atoms with E-state index in [-0.39, 0.29) is 5.91 Å². The molecule has 0 atom stereocenters. The summed E-state index contributed by atoms with van der Waals surface area (Å²) in [6.45, 7) is 1.91. The Balaban J connectivity index is 2.03. The van der Waals surface area contributed by atoms with Crippen LogP contribution in [-0.2, 0) is 11.2 Å². The number of rotatable bonds is 3. The van der Waals surface area contributed by atoms with Crippen molar-refractivity contribution in [1.29, 1.82) is 0 Å². The zero-order valence-corrected chi connectivity index (χ0v) is 10.2. The largest absolute Gasteiger partial charge is 0.399 e. The second-order valence-corrected chi connectivity index (χ2v) is 4.16. The number of pyridine rings is 1. The van der Waals surface area contributed by atoms with Gasteiger partial charge in [0.25, 0.3) is 0 Å². The van der Waals surface area contributed by atoms with Crippen LogP contribution in [0, 0.1) is 6.92 Å². The second-order valence-electron chi connectivity index (χ2n) is 4.16. The summed E-state index contributed by atoms with van der Waals surface area (Å²) in [6.07, 6.45) is 3.69. The lowest BCUT2D eigenvalue weighted by atomic mass is 10.1. The lowest BCUT2D eigenvalue weighted by molar-refractivity contribution is -0.115. The molecule has 1 aromatic carbocycles. The third kappa shape index (κ3) is 3.07. The highest BCUT2D eigenvalue weighted by molar-refractivity contribution is 5.92. The van der Waals surface area contributed by atoms with E-state index in [1.165, 1.54) is 0 Å². The van der Waals surface area contributed by atoms with Crippen LogP contribution in [0.3, 0.4) is 0 Å². The number of hydrogen-bond acceptors (Lipinski definition) is 3. The molecule has 0 fully saturated rings. The van der Waals surface area contributed by atoms with Crippen molar-refractivity contribution in [2.45, 2.75) is 13.3 Å². The predicted octanol–water partition coefficient (Wildman–Crippen LogP) is 2.15. The van der Waals surface area contributed by atoms with Crippen LogP contribution in [0.25, 0.3) is 0 Å². The summed E-state index contributed by atoms with van der Waals surface area (Å²) in [4.78, 5) is 15.9. The highest BCUT2D eigenvalue weighted by atomic mass is 16.1. The smallest absolute Gasteiger partial charge is 0.228 e. The van der Waals surface area contributed by atoms with Gasteiger partial charge >= 0.3 is 0 Å². The third-order valence-electron chi connectivity index (χ3n) is 2.61. The van der Waals surface area contributed by atoms with Crippen molar-refractivity contribution >= 4 is 17.3 Å². The number of anilines is 2. The first kappa shape index (κ1) is 12.1. The van der Waals surface area contributed by atoms with Crippen LogP contribution in [0.15, 0.2) is 42.7 Å². The minimum absolute atomic E-state index is 0.0603. The molecule has 0 aliphatic carbocycles. The molecule has 0 saturated heterocycles. The fraction of sp³-hybridized carbons (Fsp3) is 0.143. The number of nitrogens with two attached hydrogens (primary N) is 1. The second kappa shape index (κ2) is 5.31. The maximum Gasteiger partial charge on any atom is 0.228 e. The molecule has 0 unspecified atom stereocenters. The van der Waals surface area contributed by atoms with Crippen molar-refractivity contribution in [2.24, 2.45) is 0 Å². The van der Waals surface area contributed by atoms with E-state index >= 15 is 0 Å². The Kier molecular flexibility index (Phi) is 3.57. The van der Waals surface area contributed by atoms with Gasteiger partial charge in [-0.3, -0.25) is 9.78 Å². The molecule has 0 bridgehead atoms. The number of benzene rings is 1. The molecule has 2 rings (SSSR count). The number of nitrogen functional groups attached to an aromatic ring is 1. The molecule has 0 spiro atoms. The van der Waals surface area contributed by atoms with Gasteiger partial charge in [-0.1, -0.05) is 12.1 Å². The number of nitrogens with zero attached hydrogens (tertiary/aromatic N) is 1. The quantitative estimate of drug-likeness (QED) is 0.809. The highest BCUT2D eigenvalue weighted by Crippen LogP contribution is 2.13. The molecule has 4 heteroatoms. The number of amides is 1. The van der Waals surface area contributed by atoms with Gasteiger partial charge in [-0.25, -0.2) is 0 Å². The molecule has 92 valence electrons. The standard InChI is InChI=1S/C14H15N3O/c1-10-9-16-6-5-13(10)17-14(18)8-11-3-2-4-12(15)7-11/h2-7,9H,8,15H2,1H3,(H,16,17,18). The van der Waals surface area contributed by atoms with Crippen molar-refractivity contribution < 1.29 is 4.79 Å². The van der Waals surface area contributed by atoms with E-state index in [1.54, 1.807) is 30.6 Å². The average Bonchev–Trinajstić information content (AvgIpc) is 2.32. The molecule has 1 heterocycles. The Bertz CT molecular complexity index is 566. The Morgan fingerprint density at radius 1 is 1.39 bits per heavy atom. The lowest BCUT2D eigenvalue weighted by Crippen LogP contribution is -2.15. The van der Waals surface area contributed by atoms with Gasteiger partial charge < -0.3 is 11.1 Å². The van der Waals surface area contributed by atoms with Crippen LogP contribution in [0.2, 0.25) is 0 Å². The van der Waals surface area contributed by atoms with E-state index in [0.717, 1.165) is 16.8 Å². The number of aryl methyl sites for hydroxylation is 1. The summed E-state index contributed by atoms with van der Waals surface area (Å²) in [5.41, 5.74) is 8.97. The van der Waals surface area contributed by atoms with Crippen LogP contribution >= 0.6 is 0 Å². The zero-order chi connectivity index (χ0) is 13.0. The molecular weight excluding hydrogens is 226 g/mol. The van der Waals surface area contributed by atoms with Crippen LogP contribution in [0.5, 0.6) is 0 Å². The minimum atomic E-state index is -0.0603. The summed E-state index contributed by atoms with van der Waals surface area (Å²) in [5.74, 6) is -0.0603. The predicted molar refractivity (Wildman–Crippen MR) is 72.2 cm³/mol. The number of hydrogen-bond donors (Lipinski definition) is 2. The molecule has 2 aromatic rings. The summed E-state index contributed by atoms with van der Waals surface area (Å²) < 4.78 is 0. The summed E-state index contributed by atoms with van der Waals surface area (Å²) >= 11 is 0. The minimum Gasteiger partial charge on any atom is -0.399 e. The Morgan fingerprint density at radius 3 is 2.94 bits per heavy atom. The molecule has 0 saturated carbocycles. The normalized spacial score (nSPS) is 10.1. The van der Waals surface area contributed by atoms with Crippen molar-refractivity contribution in [3.63, 3.8) is 0 Å². The highest BCUT2D eigenvalue weighted by Gasteiger charge is 2.05. The Hall–Kier alpha value is -2.36. The first-order valence-electron chi connectivity index (χ1n) is 5.70. The van der Waals surface area contributed by atoms with Crippen molar-refractivity contribution in [3.05, 3.63) is 53.9 Å². The van der Waals surface area contributed by atoms with E-state index in [1.807, 2.05) is 19.1 Å². The monoisotopic (exact) mass is 241 g/mol. The van der Waals surface area contributed by atoms with E-state index < -0.39 is 0 Å². The molecule has 18 heavy (non-hydrogen) atoms. The molecule has 0 aliphatic rings. The lowest BCUT2D eigenvalue weighted by Gasteiger charge is -2.07. The van der Waals surface area contributed by atoms with E-state index in [2.05, 4.69) is 10.3 Å². The Morgan fingerprint density at radius 2 is 2.22 bits per heavy atom. The third-order valence-corrected chi connectivity index (χ3v) is 2.61. The van der Waals surface area contributed by atoms with Crippen molar-refractivity contribution in [2.75, 3.05) is 11.1 Å². The van der Waals surface area contributed by atoms with Crippen molar-refractivity contribution in [3.8, 4) is 0 Å². The number of carbonyl (C=O) groups excluding carboxylic acids is 1. The summed E-state index contributed by atoms with van der Waals surface area (Å²) in [7, 11) is 0. The first-order valence-corrected chi connectivity index (χ1v) is 5.70. The molecule has 3 N–H and O–H groups in total. The van der Waals surface area contributed by atoms with Gasteiger partial charge in [0, 0.05) is 23.8 Å². The average molecular weight is 241 g/mol. The van der Waals surface area contributed by atoms with Gasteiger partial charge in [0.2, 0.25) is 5.91 Å². The molecule has 1 amide bonds. The molecule has 0 aliphatic heterocycles. The zero-order valence-electron chi connectivity index (χ0n) is 10.2. The van der Waals surface area contributed by atoms with Crippen LogP contribution in [0.4, 0.5) is 11.4 Å². The maximum atomic E-state index is 11.9. The molecule has 0 radical (unpaired) electrons. The number of aromatic nitrogens is 1. The van der Waals surface area contributed by atoms with Crippen molar-refractivity contribution in [1.82, 2.24) is 4.98 Å². The van der Waals surface area contributed by atoms with E-state index in [9.17, 15) is 4.79 Å². The molecule has 4 nitrogen and oxygen atoms in total. The van der Waals surface area contributed by atoms with E-state index in [4.69, 9.17) is 5.73 Å². The fourth-order valence-electron chi connectivity index (χ4n) is 1.70. The SMILES string of the molecule is Cc1cnccc1NC(=O)Cc1cccc(N)c1. The van der Waals surface area contributed by atoms with Crippen LogP contribution in [-0.4, -0.2) is 10.9 Å². The van der Waals surface area contributed by atoms with Gasteiger partial charge in [0.1, 0.15) is 0 Å². The summed E-state index contributed by atoms with van der Waals surface area (Å²) in [6, 6.07) is 9.12. The van der Waals surface area contributed by atoms with Gasteiger partial charge in [0.05, 0.1) is 6.42 Å². The van der Waals surface area contributed by atoms with Gasteiger partial charge in [-0.05, 0) is 36.2 Å². The summed E-state index contributed by atoms with van der Waals surface area (Å²) in [5, 5.41) is 2.86. The van der Waals surface area contributed by atoms with Gasteiger partial charge in [-0.15, -0.1) is 0 Å². The number of nitrogens with one attached hydrogen (secondary N) is 1. The topological polar surface area (TPSA) is 68.0 Å². The molecular formula is C14H15N3O. The maximum absolute atomic E-state index is 11.9. The first-order chi connectivity index (χ1) is 8.65. The number of carbonyl (C=O) groups is 1. The van der Waals surface area contributed by atoms with Gasteiger partial charge in [0.15, 0.2) is 0 Å².